The van der Waals surface area contributed by atoms with E-state index in [9.17, 15) is 4.79 Å². The molecule has 6 heteroatoms. The summed E-state index contributed by atoms with van der Waals surface area (Å²) < 4.78 is 1.09. The summed E-state index contributed by atoms with van der Waals surface area (Å²) in [6.07, 6.45) is 3.51. The predicted molar refractivity (Wildman–Crippen MR) is 80.7 cm³/mol. The monoisotopic (exact) mass is 299 g/mol. The summed E-state index contributed by atoms with van der Waals surface area (Å²) in [6.45, 7) is 6.01. The Morgan fingerprint density at radius 3 is 3.16 bits per heavy atom. The fourth-order valence-electron chi connectivity index (χ4n) is 2.20. The maximum Gasteiger partial charge on any atom is 0.222 e. The number of hydrogen-bond acceptors (Lipinski definition) is 5. The van der Waals surface area contributed by atoms with Crippen LogP contribution in [0.15, 0.2) is 15.9 Å². The van der Waals surface area contributed by atoms with Crippen LogP contribution in [0, 0.1) is 0 Å². The van der Waals surface area contributed by atoms with Crippen LogP contribution in [0.25, 0.3) is 0 Å². The molecule has 0 aliphatic carbocycles. The third kappa shape index (κ3) is 4.47. The molecule has 0 bridgehead atoms. The van der Waals surface area contributed by atoms with Crippen LogP contribution in [0.3, 0.4) is 0 Å². The third-order valence-corrected chi connectivity index (χ3v) is 5.13. The molecule has 0 unspecified atom stereocenters. The van der Waals surface area contributed by atoms with Crippen LogP contribution in [0.5, 0.6) is 0 Å². The lowest BCUT2D eigenvalue weighted by Gasteiger charge is -2.25. The molecular formula is C13H21N3OS2. The number of amides is 1. The summed E-state index contributed by atoms with van der Waals surface area (Å²) in [5.41, 5.74) is 0. The predicted octanol–water partition coefficient (Wildman–Crippen LogP) is 2.22. The molecular weight excluding hydrogens is 278 g/mol. The first-order chi connectivity index (χ1) is 9.16. The summed E-state index contributed by atoms with van der Waals surface area (Å²) in [4.78, 5) is 18.2. The number of nitrogens with one attached hydrogen (secondary N) is 1. The lowest BCUT2D eigenvalue weighted by molar-refractivity contribution is -0.128. The van der Waals surface area contributed by atoms with E-state index in [4.69, 9.17) is 0 Å². The second-order valence-corrected chi connectivity index (χ2v) is 7.23. The second kappa shape index (κ2) is 7.26. The Labute approximate surface area is 123 Å². The molecule has 0 aromatic carbocycles. The summed E-state index contributed by atoms with van der Waals surface area (Å²) >= 11 is 3.39. The molecule has 1 fully saturated rings. The van der Waals surface area contributed by atoms with Gasteiger partial charge in [-0.1, -0.05) is 25.6 Å². The Kier molecular flexibility index (Phi) is 5.66. The van der Waals surface area contributed by atoms with Crippen LogP contribution < -0.4 is 5.32 Å². The molecule has 106 valence electrons. The molecule has 1 atom stereocenters. The maximum atomic E-state index is 11.9. The van der Waals surface area contributed by atoms with Gasteiger partial charge in [0.2, 0.25) is 5.91 Å². The van der Waals surface area contributed by atoms with Gasteiger partial charge in [0.1, 0.15) is 4.34 Å². The lowest BCUT2D eigenvalue weighted by atomic mass is 10.2. The minimum atomic E-state index is 0.301. The first-order valence-corrected chi connectivity index (χ1v) is 8.58. The average molecular weight is 299 g/mol. The van der Waals surface area contributed by atoms with E-state index in [1.54, 1.807) is 23.1 Å². The van der Waals surface area contributed by atoms with Gasteiger partial charge >= 0.3 is 0 Å². The van der Waals surface area contributed by atoms with Gasteiger partial charge in [-0.05, 0) is 6.42 Å². The van der Waals surface area contributed by atoms with Gasteiger partial charge in [0, 0.05) is 48.9 Å². The van der Waals surface area contributed by atoms with Crippen molar-refractivity contribution in [3.63, 3.8) is 0 Å². The summed E-state index contributed by atoms with van der Waals surface area (Å²) in [7, 11) is 0. The van der Waals surface area contributed by atoms with Gasteiger partial charge in [-0.25, -0.2) is 4.98 Å². The topological polar surface area (TPSA) is 45.2 Å². The number of rotatable bonds is 7. The highest BCUT2D eigenvalue weighted by Crippen LogP contribution is 2.23. The Bertz CT molecular complexity index is 395. The molecule has 0 radical (unpaired) electrons. The van der Waals surface area contributed by atoms with E-state index in [1.165, 1.54) is 0 Å². The van der Waals surface area contributed by atoms with E-state index in [0.717, 1.165) is 29.6 Å². The molecule has 1 aromatic rings. The number of thiazole rings is 1. The van der Waals surface area contributed by atoms with Crippen molar-refractivity contribution in [2.24, 2.45) is 0 Å². The number of thioether (sulfide) groups is 1. The maximum absolute atomic E-state index is 11.9. The number of carbonyl (C=O) groups is 1. The fourth-order valence-corrected chi connectivity index (χ4v) is 3.84. The van der Waals surface area contributed by atoms with Gasteiger partial charge in [-0.2, -0.15) is 0 Å². The largest absolute Gasteiger partial charge is 0.338 e. The fraction of sp³-hybridized carbons (Fsp3) is 0.692. The first kappa shape index (κ1) is 14.8. The standard InChI is InChI=1S/C13H21N3OS2/c1-10(2)15-9-11-3-4-12(17)16(11)6-8-19-13-14-5-7-18-13/h5,7,10-11,15H,3-4,6,8-9H2,1-2H3/t11-/m1/s1. The normalized spacial score (nSPS) is 19.6. The van der Waals surface area contributed by atoms with E-state index in [0.29, 0.717) is 24.4 Å². The van der Waals surface area contributed by atoms with E-state index in [1.807, 2.05) is 16.5 Å². The van der Waals surface area contributed by atoms with Crippen LogP contribution in [-0.2, 0) is 4.79 Å². The molecule has 1 N–H and O–H groups in total. The second-order valence-electron chi connectivity index (χ2n) is 4.99. The van der Waals surface area contributed by atoms with Crippen LogP contribution in [-0.4, -0.2) is 46.7 Å². The zero-order valence-electron chi connectivity index (χ0n) is 11.5. The lowest BCUT2D eigenvalue weighted by Crippen LogP contribution is -2.42. The van der Waals surface area contributed by atoms with Gasteiger partial charge in [0.05, 0.1) is 0 Å². The van der Waals surface area contributed by atoms with Crippen LogP contribution >= 0.6 is 23.1 Å². The van der Waals surface area contributed by atoms with Crippen LogP contribution in [0.2, 0.25) is 0 Å². The van der Waals surface area contributed by atoms with Gasteiger partial charge in [-0.15, -0.1) is 11.3 Å². The molecule has 2 rings (SSSR count). The van der Waals surface area contributed by atoms with E-state index in [2.05, 4.69) is 24.1 Å². The van der Waals surface area contributed by atoms with Gasteiger partial charge < -0.3 is 10.2 Å². The van der Waals surface area contributed by atoms with Crippen molar-refractivity contribution in [2.45, 2.75) is 43.1 Å². The zero-order chi connectivity index (χ0) is 13.7. The van der Waals surface area contributed by atoms with E-state index >= 15 is 0 Å². The summed E-state index contributed by atoms with van der Waals surface area (Å²) in [5.74, 6) is 1.23. The Morgan fingerprint density at radius 1 is 1.63 bits per heavy atom. The van der Waals surface area contributed by atoms with E-state index < -0.39 is 0 Å². The number of likely N-dealkylation sites (tertiary alicyclic amines) is 1. The van der Waals surface area contributed by atoms with Crippen molar-refractivity contribution in [3.05, 3.63) is 11.6 Å². The SMILES string of the molecule is CC(C)NC[C@H]1CCC(=O)N1CCSc1nccs1. The Hall–Kier alpha value is -0.590. The van der Waals surface area contributed by atoms with Gasteiger partial charge in [0.25, 0.3) is 0 Å². The number of aromatic nitrogens is 1. The molecule has 19 heavy (non-hydrogen) atoms. The van der Waals surface area contributed by atoms with Crippen molar-refractivity contribution in [1.82, 2.24) is 15.2 Å². The first-order valence-electron chi connectivity index (χ1n) is 6.72. The number of carbonyl (C=O) groups excluding carboxylic acids is 1. The van der Waals surface area contributed by atoms with E-state index in [-0.39, 0.29) is 0 Å². The molecule has 4 nitrogen and oxygen atoms in total. The molecule has 1 aromatic heterocycles. The highest BCUT2D eigenvalue weighted by Gasteiger charge is 2.30. The van der Waals surface area contributed by atoms with Crippen LogP contribution in [0.1, 0.15) is 26.7 Å². The molecule has 1 aliphatic heterocycles. The Balaban J connectivity index is 1.77. The average Bonchev–Trinajstić information content (AvgIpc) is 2.99. The summed E-state index contributed by atoms with van der Waals surface area (Å²) in [5, 5.41) is 5.42. The van der Waals surface area contributed by atoms with Crippen molar-refractivity contribution in [3.8, 4) is 0 Å². The quantitative estimate of drug-likeness (QED) is 0.784. The molecule has 1 aliphatic rings. The molecule has 2 heterocycles. The van der Waals surface area contributed by atoms with Crippen molar-refractivity contribution >= 4 is 29.0 Å². The minimum Gasteiger partial charge on any atom is -0.338 e. The van der Waals surface area contributed by atoms with Crippen molar-refractivity contribution in [2.75, 3.05) is 18.8 Å². The summed E-state index contributed by atoms with van der Waals surface area (Å²) in [6, 6.07) is 0.842. The zero-order valence-corrected chi connectivity index (χ0v) is 13.1. The van der Waals surface area contributed by atoms with Crippen LogP contribution in [0.4, 0.5) is 0 Å². The highest BCUT2D eigenvalue weighted by molar-refractivity contribution is 8.01. The minimum absolute atomic E-state index is 0.301. The number of hydrogen-bond donors (Lipinski definition) is 1. The highest BCUT2D eigenvalue weighted by atomic mass is 32.2. The van der Waals surface area contributed by atoms with Gasteiger partial charge in [0.15, 0.2) is 0 Å². The van der Waals surface area contributed by atoms with Crippen molar-refractivity contribution in [1.29, 1.82) is 0 Å². The smallest absolute Gasteiger partial charge is 0.222 e. The van der Waals surface area contributed by atoms with Crippen molar-refractivity contribution < 1.29 is 4.79 Å². The number of nitrogens with zero attached hydrogens (tertiary/aromatic N) is 2. The third-order valence-electron chi connectivity index (χ3n) is 3.18. The molecule has 0 saturated carbocycles. The van der Waals surface area contributed by atoms with Gasteiger partial charge in [-0.3, -0.25) is 4.79 Å². The molecule has 1 saturated heterocycles. The molecule has 1 amide bonds. The molecule has 0 spiro atoms. The Morgan fingerprint density at radius 2 is 2.47 bits per heavy atom.